The number of sulfonamides is 1. The summed E-state index contributed by atoms with van der Waals surface area (Å²) in [5.74, 6) is -0.306. The van der Waals surface area contributed by atoms with Crippen molar-refractivity contribution in [1.29, 1.82) is 0 Å². The minimum Gasteiger partial charge on any atom is -0.323 e. The highest BCUT2D eigenvalue weighted by Crippen LogP contribution is 2.22. The van der Waals surface area contributed by atoms with Crippen molar-refractivity contribution < 1.29 is 13.2 Å². The molecule has 0 unspecified atom stereocenters. The van der Waals surface area contributed by atoms with Crippen molar-refractivity contribution in [3.05, 3.63) is 36.5 Å². The van der Waals surface area contributed by atoms with Crippen LogP contribution < -0.4 is 5.32 Å². The molecule has 1 N–H and O–H groups in total. The van der Waals surface area contributed by atoms with Gasteiger partial charge in [-0.25, -0.2) is 8.42 Å². The summed E-state index contributed by atoms with van der Waals surface area (Å²) in [5.41, 5.74) is 1.42. The molecular formula is C15H17N3O3S. The lowest BCUT2D eigenvalue weighted by molar-refractivity contribution is -0.119. The van der Waals surface area contributed by atoms with Gasteiger partial charge in [0.15, 0.2) is 0 Å². The van der Waals surface area contributed by atoms with Crippen molar-refractivity contribution in [3.8, 4) is 0 Å². The fourth-order valence-electron chi connectivity index (χ4n) is 2.76. The Hall–Kier alpha value is -1.99. The van der Waals surface area contributed by atoms with Crippen molar-refractivity contribution in [2.45, 2.75) is 18.9 Å². The highest BCUT2D eigenvalue weighted by atomic mass is 32.2. The van der Waals surface area contributed by atoms with E-state index in [0.29, 0.717) is 25.1 Å². The van der Waals surface area contributed by atoms with Gasteiger partial charge in [-0.1, -0.05) is 18.2 Å². The summed E-state index contributed by atoms with van der Waals surface area (Å²) < 4.78 is 24.7. The standard InChI is InChI=1S/C15H17N3O3S/c1-22(20,21)18-8-4-7-14(18)15(19)17-12-9-11-5-2-3-6-13(11)16-10-12/h2-3,5-6,9-10,14H,4,7-8H2,1H3,(H,17,19)/t14-/m0/s1. The summed E-state index contributed by atoms with van der Waals surface area (Å²) in [6, 6.07) is 8.80. The molecule has 0 bridgehead atoms. The van der Waals surface area contributed by atoms with Crippen LogP contribution in [0.5, 0.6) is 0 Å². The Morgan fingerprint density at radius 3 is 2.91 bits per heavy atom. The quantitative estimate of drug-likeness (QED) is 0.932. The van der Waals surface area contributed by atoms with Gasteiger partial charge in [-0.15, -0.1) is 0 Å². The van der Waals surface area contributed by atoms with E-state index in [4.69, 9.17) is 0 Å². The SMILES string of the molecule is CS(=O)(=O)N1CCC[C@H]1C(=O)Nc1cnc2ccccc2c1. The Kier molecular flexibility index (Phi) is 3.84. The minimum absolute atomic E-state index is 0.306. The monoisotopic (exact) mass is 319 g/mol. The largest absolute Gasteiger partial charge is 0.323 e. The smallest absolute Gasteiger partial charge is 0.242 e. The topological polar surface area (TPSA) is 79.4 Å². The van der Waals surface area contributed by atoms with Gasteiger partial charge in [0, 0.05) is 11.9 Å². The molecule has 0 spiro atoms. The normalized spacial score (nSPS) is 19.4. The molecule has 1 aliphatic rings. The number of hydrogen-bond acceptors (Lipinski definition) is 4. The molecule has 1 saturated heterocycles. The van der Waals surface area contributed by atoms with Gasteiger partial charge in [-0.2, -0.15) is 4.31 Å². The Morgan fingerprint density at radius 1 is 1.36 bits per heavy atom. The van der Waals surface area contributed by atoms with E-state index in [1.807, 2.05) is 30.3 Å². The molecule has 1 aromatic carbocycles. The molecule has 1 aliphatic heterocycles. The van der Waals surface area contributed by atoms with Gasteiger partial charge in [-0.3, -0.25) is 9.78 Å². The number of anilines is 1. The van der Waals surface area contributed by atoms with Crippen LogP contribution in [0.25, 0.3) is 10.9 Å². The minimum atomic E-state index is -3.37. The third-order valence-electron chi connectivity index (χ3n) is 3.79. The molecule has 116 valence electrons. The summed E-state index contributed by atoms with van der Waals surface area (Å²) in [5, 5.41) is 3.69. The van der Waals surface area contributed by atoms with Crippen molar-refractivity contribution in [2.75, 3.05) is 18.1 Å². The van der Waals surface area contributed by atoms with Gasteiger partial charge in [-0.05, 0) is 25.0 Å². The molecule has 7 heteroatoms. The maximum absolute atomic E-state index is 12.4. The first kappa shape index (κ1) is 14.9. The van der Waals surface area contributed by atoms with Crippen molar-refractivity contribution >= 4 is 32.5 Å². The molecule has 1 aromatic heterocycles. The van der Waals surface area contributed by atoms with Crippen molar-refractivity contribution in [2.24, 2.45) is 0 Å². The summed E-state index contributed by atoms with van der Waals surface area (Å²) in [4.78, 5) is 16.6. The van der Waals surface area contributed by atoms with E-state index in [0.717, 1.165) is 17.2 Å². The van der Waals surface area contributed by atoms with Crippen LogP contribution in [-0.4, -0.2) is 42.5 Å². The van der Waals surface area contributed by atoms with Crippen LogP contribution in [0.15, 0.2) is 36.5 Å². The van der Waals surface area contributed by atoms with Crippen molar-refractivity contribution in [3.63, 3.8) is 0 Å². The second-order valence-electron chi connectivity index (χ2n) is 5.44. The molecule has 1 fully saturated rings. The number of para-hydroxylation sites is 1. The van der Waals surface area contributed by atoms with E-state index in [-0.39, 0.29) is 5.91 Å². The Morgan fingerprint density at radius 2 is 2.14 bits per heavy atom. The number of rotatable bonds is 3. The van der Waals surface area contributed by atoms with Crippen LogP contribution in [0.2, 0.25) is 0 Å². The fraction of sp³-hybridized carbons (Fsp3) is 0.333. The highest BCUT2D eigenvalue weighted by molar-refractivity contribution is 7.88. The van der Waals surface area contributed by atoms with E-state index in [1.165, 1.54) is 4.31 Å². The summed E-state index contributed by atoms with van der Waals surface area (Å²) in [7, 11) is -3.37. The Bertz CT molecular complexity index is 820. The number of aromatic nitrogens is 1. The molecule has 6 nitrogen and oxygen atoms in total. The third kappa shape index (κ3) is 2.95. The summed E-state index contributed by atoms with van der Waals surface area (Å²) in [6.07, 6.45) is 3.96. The second kappa shape index (κ2) is 5.66. The first-order valence-electron chi connectivity index (χ1n) is 7.07. The summed E-state index contributed by atoms with van der Waals surface area (Å²) in [6.45, 7) is 0.396. The van der Waals surface area contributed by atoms with E-state index in [2.05, 4.69) is 10.3 Å². The van der Waals surface area contributed by atoms with Crippen LogP contribution in [0.3, 0.4) is 0 Å². The van der Waals surface area contributed by atoms with Crippen LogP contribution in [0.4, 0.5) is 5.69 Å². The lowest BCUT2D eigenvalue weighted by Gasteiger charge is -2.21. The van der Waals surface area contributed by atoms with Gasteiger partial charge < -0.3 is 5.32 Å². The van der Waals surface area contributed by atoms with E-state index in [1.54, 1.807) is 6.20 Å². The van der Waals surface area contributed by atoms with Gasteiger partial charge >= 0.3 is 0 Å². The van der Waals surface area contributed by atoms with Crippen LogP contribution in [0, 0.1) is 0 Å². The first-order chi connectivity index (χ1) is 10.4. The lowest BCUT2D eigenvalue weighted by Crippen LogP contribution is -2.42. The maximum Gasteiger partial charge on any atom is 0.242 e. The Labute approximate surface area is 129 Å². The van der Waals surface area contributed by atoms with Crippen LogP contribution in [0.1, 0.15) is 12.8 Å². The molecule has 2 aromatic rings. The second-order valence-corrected chi connectivity index (χ2v) is 7.37. The molecule has 0 aliphatic carbocycles. The predicted octanol–water partition coefficient (Wildman–Crippen LogP) is 1.60. The van der Waals surface area contributed by atoms with Gasteiger partial charge in [0.25, 0.3) is 0 Å². The number of hydrogen-bond donors (Lipinski definition) is 1. The predicted molar refractivity (Wildman–Crippen MR) is 84.9 cm³/mol. The Balaban J connectivity index is 1.80. The molecule has 2 heterocycles. The van der Waals surface area contributed by atoms with Gasteiger partial charge in [0.2, 0.25) is 15.9 Å². The number of pyridine rings is 1. The molecule has 0 radical (unpaired) electrons. The number of nitrogens with one attached hydrogen (secondary N) is 1. The number of fused-ring (bicyclic) bond motifs is 1. The molecule has 22 heavy (non-hydrogen) atoms. The molecule has 1 atom stereocenters. The number of carbonyl (C=O) groups is 1. The number of carbonyl (C=O) groups excluding carboxylic acids is 1. The zero-order chi connectivity index (χ0) is 15.7. The van der Waals surface area contributed by atoms with E-state index in [9.17, 15) is 13.2 Å². The zero-order valence-corrected chi connectivity index (χ0v) is 13.0. The van der Waals surface area contributed by atoms with Crippen molar-refractivity contribution in [1.82, 2.24) is 9.29 Å². The average molecular weight is 319 g/mol. The number of nitrogens with zero attached hydrogens (tertiary/aromatic N) is 2. The van der Waals surface area contributed by atoms with E-state index < -0.39 is 16.1 Å². The first-order valence-corrected chi connectivity index (χ1v) is 8.92. The lowest BCUT2D eigenvalue weighted by atomic mass is 10.2. The van der Waals surface area contributed by atoms with Crippen LogP contribution >= 0.6 is 0 Å². The molecule has 0 saturated carbocycles. The number of amides is 1. The zero-order valence-electron chi connectivity index (χ0n) is 12.2. The molecule has 3 rings (SSSR count). The van der Waals surface area contributed by atoms with Gasteiger partial charge in [0.05, 0.1) is 23.7 Å². The third-order valence-corrected chi connectivity index (χ3v) is 5.08. The molecular weight excluding hydrogens is 302 g/mol. The van der Waals surface area contributed by atoms with E-state index >= 15 is 0 Å². The number of benzene rings is 1. The average Bonchev–Trinajstić information content (AvgIpc) is 2.97. The van der Waals surface area contributed by atoms with Crippen LogP contribution in [-0.2, 0) is 14.8 Å². The highest BCUT2D eigenvalue weighted by Gasteiger charge is 2.36. The fourth-order valence-corrected chi connectivity index (χ4v) is 3.89. The molecule has 1 amide bonds. The summed E-state index contributed by atoms with van der Waals surface area (Å²) >= 11 is 0. The van der Waals surface area contributed by atoms with Gasteiger partial charge in [0.1, 0.15) is 6.04 Å². The maximum atomic E-state index is 12.4.